The minimum atomic E-state index is -0.536. The summed E-state index contributed by atoms with van der Waals surface area (Å²) in [5.74, 6) is -1.55. The standard InChI is InChI=1S/C25H21FN2O3/c1-2-19(16-8-4-3-5-9-16)24(29)28-22-20-10-6-7-11-21(20)31-23(22)25(30)27-18-14-12-17(26)13-15-18/h3-15,19H,2H2,1H3,(H,27,30)(H,28,29)/t19-/m1/s1. The van der Waals surface area contributed by atoms with E-state index in [2.05, 4.69) is 10.6 Å². The van der Waals surface area contributed by atoms with Crippen LogP contribution in [0.3, 0.4) is 0 Å². The van der Waals surface area contributed by atoms with Gasteiger partial charge in [-0.3, -0.25) is 9.59 Å². The van der Waals surface area contributed by atoms with Crippen LogP contribution in [-0.4, -0.2) is 11.8 Å². The molecule has 156 valence electrons. The fraction of sp³-hybridized carbons (Fsp3) is 0.120. The molecule has 1 heterocycles. The van der Waals surface area contributed by atoms with Crippen LogP contribution in [0.1, 0.15) is 35.4 Å². The Labute approximate surface area is 178 Å². The maximum atomic E-state index is 13.2. The molecule has 0 aliphatic heterocycles. The molecule has 1 aromatic heterocycles. The van der Waals surface area contributed by atoms with E-state index in [4.69, 9.17) is 4.42 Å². The molecule has 0 radical (unpaired) electrons. The van der Waals surface area contributed by atoms with E-state index in [-0.39, 0.29) is 17.6 Å². The monoisotopic (exact) mass is 416 g/mol. The number of carbonyl (C=O) groups excluding carboxylic acids is 2. The van der Waals surface area contributed by atoms with E-state index in [0.717, 1.165) is 5.56 Å². The Kier molecular flexibility index (Phi) is 5.80. The topological polar surface area (TPSA) is 71.3 Å². The number of benzene rings is 3. The molecule has 1 atom stereocenters. The van der Waals surface area contributed by atoms with Crippen molar-refractivity contribution >= 4 is 34.2 Å². The number of para-hydroxylation sites is 1. The second-order valence-electron chi connectivity index (χ2n) is 7.12. The van der Waals surface area contributed by atoms with Gasteiger partial charge >= 0.3 is 0 Å². The zero-order valence-corrected chi connectivity index (χ0v) is 16.9. The number of hydrogen-bond acceptors (Lipinski definition) is 3. The second kappa shape index (κ2) is 8.83. The first-order valence-electron chi connectivity index (χ1n) is 10.0. The van der Waals surface area contributed by atoms with Crippen LogP contribution in [0.15, 0.2) is 83.3 Å². The predicted molar refractivity (Wildman–Crippen MR) is 119 cm³/mol. The highest BCUT2D eigenvalue weighted by molar-refractivity contribution is 6.15. The molecule has 0 saturated heterocycles. The number of fused-ring (bicyclic) bond motifs is 1. The van der Waals surface area contributed by atoms with Crippen LogP contribution in [0.2, 0.25) is 0 Å². The van der Waals surface area contributed by atoms with Crippen molar-refractivity contribution < 1.29 is 18.4 Å². The Balaban J connectivity index is 1.67. The zero-order chi connectivity index (χ0) is 21.8. The summed E-state index contributed by atoms with van der Waals surface area (Å²) in [5.41, 5.74) is 2.11. The zero-order valence-electron chi connectivity index (χ0n) is 16.9. The van der Waals surface area contributed by atoms with E-state index < -0.39 is 11.7 Å². The van der Waals surface area contributed by atoms with Crippen molar-refractivity contribution in [1.29, 1.82) is 0 Å². The first-order chi connectivity index (χ1) is 15.1. The van der Waals surface area contributed by atoms with Gasteiger partial charge in [-0.15, -0.1) is 0 Å². The van der Waals surface area contributed by atoms with E-state index in [0.29, 0.717) is 28.8 Å². The van der Waals surface area contributed by atoms with Crippen LogP contribution in [0.25, 0.3) is 11.0 Å². The highest BCUT2D eigenvalue weighted by Gasteiger charge is 2.25. The maximum absolute atomic E-state index is 13.2. The molecule has 0 spiro atoms. The number of halogens is 1. The molecule has 0 unspecified atom stereocenters. The lowest BCUT2D eigenvalue weighted by Crippen LogP contribution is -2.22. The Morgan fingerprint density at radius 2 is 1.58 bits per heavy atom. The minimum Gasteiger partial charge on any atom is -0.449 e. The van der Waals surface area contributed by atoms with Gasteiger partial charge < -0.3 is 15.1 Å². The normalized spacial score (nSPS) is 11.8. The van der Waals surface area contributed by atoms with Crippen molar-refractivity contribution in [2.45, 2.75) is 19.3 Å². The highest BCUT2D eigenvalue weighted by Crippen LogP contribution is 2.33. The average Bonchev–Trinajstić information content (AvgIpc) is 3.15. The third-order valence-corrected chi connectivity index (χ3v) is 5.08. The van der Waals surface area contributed by atoms with E-state index in [1.54, 1.807) is 18.2 Å². The van der Waals surface area contributed by atoms with Gasteiger partial charge in [-0.05, 0) is 48.4 Å². The molecule has 2 N–H and O–H groups in total. The molecular weight excluding hydrogens is 395 g/mol. The van der Waals surface area contributed by atoms with Gasteiger partial charge in [0.1, 0.15) is 17.1 Å². The lowest BCUT2D eigenvalue weighted by Gasteiger charge is -2.15. The third-order valence-electron chi connectivity index (χ3n) is 5.08. The summed E-state index contributed by atoms with van der Waals surface area (Å²) < 4.78 is 18.9. The molecule has 31 heavy (non-hydrogen) atoms. The SMILES string of the molecule is CC[C@@H](C(=O)Nc1c(C(=O)Nc2ccc(F)cc2)oc2ccccc12)c1ccccc1. The van der Waals surface area contributed by atoms with Crippen molar-refractivity contribution in [3.63, 3.8) is 0 Å². The van der Waals surface area contributed by atoms with Crippen molar-refractivity contribution in [3.8, 4) is 0 Å². The summed E-state index contributed by atoms with van der Waals surface area (Å²) >= 11 is 0. The van der Waals surface area contributed by atoms with Crippen LogP contribution in [0.4, 0.5) is 15.8 Å². The van der Waals surface area contributed by atoms with Gasteiger partial charge in [-0.25, -0.2) is 4.39 Å². The smallest absolute Gasteiger partial charge is 0.293 e. The fourth-order valence-corrected chi connectivity index (χ4v) is 3.52. The first kappa shape index (κ1) is 20.3. The highest BCUT2D eigenvalue weighted by atomic mass is 19.1. The molecule has 0 saturated carbocycles. The predicted octanol–water partition coefficient (Wildman–Crippen LogP) is 5.96. The summed E-state index contributed by atoms with van der Waals surface area (Å²) in [6.07, 6.45) is 0.600. The molecule has 4 aromatic rings. The number of hydrogen-bond donors (Lipinski definition) is 2. The molecular formula is C25H21FN2O3. The van der Waals surface area contributed by atoms with Gasteiger partial charge in [0.25, 0.3) is 5.91 Å². The number of nitrogens with one attached hydrogen (secondary N) is 2. The van der Waals surface area contributed by atoms with E-state index in [9.17, 15) is 14.0 Å². The van der Waals surface area contributed by atoms with Crippen molar-refractivity contribution in [2.24, 2.45) is 0 Å². The minimum absolute atomic E-state index is 0.0122. The van der Waals surface area contributed by atoms with E-state index in [1.165, 1.54) is 24.3 Å². The van der Waals surface area contributed by atoms with E-state index >= 15 is 0 Å². The number of rotatable bonds is 6. The van der Waals surface area contributed by atoms with Gasteiger partial charge in [0.15, 0.2) is 0 Å². The summed E-state index contributed by atoms with van der Waals surface area (Å²) in [4.78, 5) is 26.1. The molecule has 0 aliphatic carbocycles. The lowest BCUT2D eigenvalue weighted by molar-refractivity contribution is -0.117. The number of amides is 2. The Morgan fingerprint density at radius 3 is 2.29 bits per heavy atom. The molecule has 0 fully saturated rings. The largest absolute Gasteiger partial charge is 0.449 e. The van der Waals surface area contributed by atoms with E-state index in [1.807, 2.05) is 43.3 Å². The number of furan rings is 1. The van der Waals surface area contributed by atoms with Gasteiger partial charge in [-0.2, -0.15) is 0 Å². The van der Waals surface area contributed by atoms with Gasteiger partial charge in [-0.1, -0.05) is 49.4 Å². The van der Waals surface area contributed by atoms with Crippen LogP contribution >= 0.6 is 0 Å². The molecule has 4 rings (SSSR count). The molecule has 3 aromatic carbocycles. The number of anilines is 2. The van der Waals surface area contributed by atoms with Crippen LogP contribution in [-0.2, 0) is 4.79 Å². The molecule has 0 bridgehead atoms. The summed E-state index contributed by atoms with van der Waals surface area (Å²) in [7, 11) is 0. The first-order valence-corrected chi connectivity index (χ1v) is 10.0. The Morgan fingerprint density at radius 1 is 0.903 bits per heavy atom. The molecule has 6 heteroatoms. The van der Waals surface area contributed by atoms with Gasteiger partial charge in [0, 0.05) is 11.1 Å². The van der Waals surface area contributed by atoms with Crippen molar-refractivity contribution in [2.75, 3.05) is 10.6 Å². The molecule has 0 aliphatic rings. The maximum Gasteiger partial charge on any atom is 0.293 e. The fourth-order valence-electron chi connectivity index (χ4n) is 3.52. The van der Waals surface area contributed by atoms with Gasteiger partial charge in [0.05, 0.1) is 5.92 Å². The van der Waals surface area contributed by atoms with Crippen molar-refractivity contribution in [1.82, 2.24) is 0 Å². The summed E-state index contributed by atoms with van der Waals surface area (Å²) in [6, 6.07) is 22.0. The summed E-state index contributed by atoms with van der Waals surface area (Å²) in [6.45, 7) is 1.94. The average molecular weight is 416 g/mol. The van der Waals surface area contributed by atoms with Gasteiger partial charge in [0.2, 0.25) is 11.7 Å². The molecule has 5 nitrogen and oxygen atoms in total. The Hall–Kier alpha value is -3.93. The quantitative estimate of drug-likeness (QED) is 0.408. The second-order valence-corrected chi connectivity index (χ2v) is 7.12. The van der Waals surface area contributed by atoms with Crippen molar-refractivity contribution in [3.05, 3.63) is 96.0 Å². The Bertz CT molecular complexity index is 1220. The number of carbonyl (C=O) groups is 2. The van der Waals surface area contributed by atoms with Crippen LogP contribution < -0.4 is 10.6 Å². The summed E-state index contributed by atoms with van der Waals surface area (Å²) in [5, 5.41) is 6.22. The van der Waals surface area contributed by atoms with Crippen LogP contribution in [0, 0.1) is 5.82 Å². The molecule has 2 amide bonds. The third kappa shape index (κ3) is 4.33. The van der Waals surface area contributed by atoms with Crippen LogP contribution in [0.5, 0.6) is 0 Å². The lowest BCUT2D eigenvalue weighted by atomic mass is 9.95.